The smallest absolute Gasteiger partial charge is 0.315 e. The molecule has 3 N–H and O–H groups in total. The molecule has 1 aromatic rings. The van der Waals surface area contributed by atoms with Gasteiger partial charge in [0.15, 0.2) is 5.76 Å². The van der Waals surface area contributed by atoms with Gasteiger partial charge in [-0.15, -0.1) is 0 Å². The third kappa shape index (κ3) is 6.78. The van der Waals surface area contributed by atoms with Crippen LogP contribution >= 0.6 is 0 Å². The number of amides is 3. The third-order valence-electron chi connectivity index (χ3n) is 2.71. The second-order valence-electron chi connectivity index (χ2n) is 5.61. The van der Waals surface area contributed by atoms with Crippen LogP contribution in [0, 0.1) is 5.92 Å². The number of aromatic nitrogens is 1. The lowest BCUT2D eigenvalue weighted by atomic mass is 10.1. The first-order valence-corrected chi connectivity index (χ1v) is 7.12. The molecular formula is C14H24N4O3. The van der Waals surface area contributed by atoms with Crippen LogP contribution in [0.2, 0.25) is 0 Å². The number of rotatable bonds is 7. The SMILES string of the molecule is CC(C)CNC(=O)CNC(=O)NCc1cc(C(C)C)no1. The van der Waals surface area contributed by atoms with Crippen molar-refractivity contribution in [2.45, 2.75) is 40.2 Å². The molecule has 0 spiro atoms. The summed E-state index contributed by atoms with van der Waals surface area (Å²) in [5, 5.41) is 11.7. The number of hydrogen-bond donors (Lipinski definition) is 3. The minimum absolute atomic E-state index is 0.0494. The van der Waals surface area contributed by atoms with Crippen molar-refractivity contribution < 1.29 is 14.1 Å². The Bertz CT molecular complexity index is 469. The van der Waals surface area contributed by atoms with E-state index in [1.54, 1.807) is 6.07 Å². The Kier molecular flexibility index (Phi) is 6.71. The molecule has 118 valence electrons. The van der Waals surface area contributed by atoms with E-state index in [9.17, 15) is 9.59 Å². The third-order valence-corrected chi connectivity index (χ3v) is 2.71. The molecule has 7 nitrogen and oxygen atoms in total. The number of hydrogen-bond acceptors (Lipinski definition) is 4. The fourth-order valence-electron chi connectivity index (χ4n) is 1.46. The Morgan fingerprint density at radius 3 is 2.48 bits per heavy atom. The Morgan fingerprint density at radius 2 is 1.90 bits per heavy atom. The molecule has 0 unspecified atom stereocenters. The molecule has 0 aliphatic heterocycles. The molecule has 0 saturated carbocycles. The lowest BCUT2D eigenvalue weighted by Crippen LogP contribution is -2.42. The van der Waals surface area contributed by atoms with Gasteiger partial charge in [-0.25, -0.2) is 4.79 Å². The highest BCUT2D eigenvalue weighted by atomic mass is 16.5. The van der Waals surface area contributed by atoms with Gasteiger partial charge in [-0.3, -0.25) is 4.79 Å². The van der Waals surface area contributed by atoms with Gasteiger partial charge in [0.25, 0.3) is 0 Å². The zero-order valence-corrected chi connectivity index (χ0v) is 13.0. The van der Waals surface area contributed by atoms with Gasteiger partial charge in [0.2, 0.25) is 5.91 Å². The highest BCUT2D eigenvalue weighted by Crippen LogP contribution is 2.13. The molecule has 1 heterocycles. The summed E-state index contributed by atoms with van der Waals surface area (Å²) in [4.78, 5) is 23.0. The first kappa shape index (κ1) is 17.0. The molecule has 0 bridgehead atoms. The van der Waals surface area contributed by atoms with Crippen LogP contribution in [0.1, 0.15) is 45.1 Å². The van der Waals surface area contributed by atoms with Crippen LogP contribution in [0.3, 0.4) is 0 Å². The maximum atomic E-state index is 11.5. The number of carbonyl (C=O) groups excluding carboxylic acids is 2. The second-order valence-corrected chi connectivity index (χ2v) is 5.61. The molecule has 0 aliphatic rings. The Hall–Kier alpha value is -2.05. The van der Waals surface area contributed by atoms with Crippen molar-refractivity contribution >= 4 is 11.9 Å². The summed E-state index contributed by atoms with van der Waals surface area (Å²) < 4.78 is 5.10. The van der Waals surface area contributed by atoms with Crippen molar-refractivity contribution in [3.8, 4) is 0 Å². The first-order valence-electron chi connectivity index (χ1n) is 7.12. The van der Waals surface area contributed by atoms with E-state index < -0.39 is 6.03 Å². The van der Waals surface area contributed by atoms with Crippen molar-refractivity contribution in [3.05, 3.63) is 17.5 Å². The molecule has 0 atom stereocenters. The van der Waals surface area contributed by atoms with E-state index in [4.69, 9.17) is 4.52 Å². The van der Waals surface area contributed by atoms with Crippen molar-refractivity contribution in [1.29, 1.82) is 0 Å². The molecule has 3 amide bonds. The Labute approximate surface area is 124 Å². The van der Waals surface area contributed by atoms with E-state index in [-0.39, 0.29) is 24.9 Å². The van der Waals surface area contributed by atoms with E-state index in [0.29, 0.717) is 18.2 Å². The van der Waals surface area contributed by atoms with Gasteiger partial charge in [-0.05, 0) is 11.8 Å². The summed E-state index contributed by atoms with van der Waals surface area (Å²) in [5.74, 6) is 1.03. The van der Waals surface area contributed by atoms with Gasteiger partial charge in [0.1, 0.15) is 0 Å². The van der Waals surface area contributed by atoms with Gasteiger partial charge in [0.05, 0.1) is 18.8 Å². The summed E-state index contributed by atoms with van der Waals surface area (Å²) in [6.45, 7) is 8.81. The summed E-state index contributed by atoms with van der Waals surface area (Å²) >= 11 is 0. The normalized spacial score (nSPS) is 10.8. The van der Waals surface area contributed by atoms with Crippen molar-refractivity contribution in [1.82, 2.24) is 21.1 Å². The monoisotopic (exact) mass is 296 g/mol. The summed E-state index contributed by atoms with van der Waals surface area (Å²) in [5.41, 5.74) is 0.847. The Morgan fingerprint density at radius 1 is 1.19 bits per heavy atom. The molecule has 0 aliphatic carbocycles. The van der Waals surface area contributed by atoms with Gasteiger partial charge in [-0.2, -0.15) is 0 Å². The van der Waals surface area contributed by atoms with Crippen LogP contribution in [0.25, 0.3) is 0 Å². The average Bonchev–Trinajstić information content (AvgIpc) is 2.89. The van der Waals surface area contributed by atoms with Crippen LogP contribution in [0.5, 0.6) is 0 Å². The zero-order chi connectivity index (χ0) is 15.8. The maximum Gasteiger partial charge on any atom is 0.315 e. The fraction of sp³-hybridized carbons (Fsp3) is 0.643. The topological polar surface area (TPSA) is 96.3 Å². The highest BCUT2D eigenvalue weighted by molar-refractivity contribution is 5.83. The summed E-state index contributed by atoms with van der Waals surface area (Å²) in [6.07, 6.45) is 0. The quantitative estimate of drug-likeness (QED) is 0.708. The molecular weight excluding hydrogens is 272 g/mol. The van der Waals surface area contributed by atoms with E-state index in [2.05, 4.69) is 21.1 Å². The first-order chi connectivity index (χ1) is 9.88. The number of carbonyl (C=O) groups is 2. The predicted molar refractivity (Wildman–Crippen MR) is 78.7 cm³/mol. The lowest BCUT2D eigenvalue weighted by Gasteiger charge is -2.09. The van der Waals surface area contributed by atoms with Crippen molar-refractivity contribution in [2.75, 3.05) is 13.1 Å². The van der Waals surface area contributed by atoms with E-state index in [0.717, 1.165) is 5.69 Å². The summed E-state index contributed by atoms with van der Waals surface area (Å²) in [6, 6.07) is 1.39. The highest BCUT2D eigenvalue weighted by Gasteiger charge is 2.09. The summed E-state index contributed by atoms with van der Waals surface area (Å²) in [7, 11) is 0. The molecule has 0 saturated heterocycles. The van der Waals surface area contributed by atoms with E-state index in [1.165, 1.54) is 0 Å². The predicted octanol–water partition coefficient (Wildman–Crippen LogP) is 1.37. The number of nitrogens with zero attached hydrogens (tertiary/aromatic N) is 1. The minimum Gasteiger partial charge on any atom is -0.359 e. The van der Waals surface area contributed by atoms with Gasteiger partial charge in [-0.1, -0.05) is 32.9 Å². The molecule has 0 aromatic carbocycles. The molecule has 1 aromatic heterocycles. The average molecular weight is 296 g/mol. The van der Waals surface area contributed by atoms with Gasteiger partial charge < -0.3 is 20.5 Å². The number of urea groups is 1. The van der Waals surface area contributed by atoms with E-state index >= 15 is 0 Å². The largest absolute Gasteiger partial charge is 0.359 e. The van der Waals surface area contributed by atoms with Crippen LogP contribution in [0.15, 0.2) is 10.6 Å². The van der Waals surface area contributed by atoms with Crippen LogP contribution < -0.4 is 16.0 Å². The second kappa shape index (κ2) is 8.28. The fourth-order valence-corrected chi connectivity index (χ4v) is 1.46. The molecule has 0 fully saturated rings. The van der Waals surface area contributed by atoms with Crippen LogP contribution in [-0.4, -0.2) is 30.2 Å². The molecule has 7 heteroatoms. The van der Waals surface area contributed by atoms with Crippen molar-refractivity contribution in [3.63, 3.8) is 0 Å². The Balaban J connectivity index is 2.23. The van der Waals surface area contributed by atoms with Crippen molar-refractivity contribution in [2.24, 2.45) is 5.92 Å². The lowest BCUT2D eigenvalue weighted by molar-refractivity contribution is -0.120. The number of nitrogens with one attached hydrogen (secondary N) is 3. The zero-order valence-electron chi connectivity index (χ0n) is 13.0. The van der Waals surface area contributed by atoms with Crippen LogP contribution in [-0.2, 0) is 11.3 Å². The van der Waals surface area contributed by atoms with E-state index in [1.807, 2.05) is 27.7 Å². The van der Waals surface area contributed by atoms with Gasteiger partial charge in [0, 0.05) is 12.6 Å². The maximum absolute atomic E-state index is 11.5. The van der Waals surface area contributed by atoms with Crippen LogP contribution in [0.4, 0.5) is 4.79 Å². The van der Waals surface area contributed by atoms with Gasteiger partial charge >= 0.3 is 6.03 Å². The molecule has 0 radical (unpaired) electrons. The molecule has 1 rings (SSSR count). The minimum atomic E-state index is -0.419. The standard InChI is InChI=1S/C14H24N4O3/c1-9(2)6-15-13(19)8-17-14(20)16-7-11-5-12(10(3)4)18-21-11/h5,9-10H,6-8H2,1-4H3,(H,15,19)(H2,16,17,20). The molecule has 21 heavy (non-hydrogen) atoms.